The number of ether oxygens (including phenoxy) is 1. The molecular weight excluding hydrogens is 364 g/mol. The van der Waals surface area contributed by atoms with Crippen LogP contribution in [0.3, 0.4) is 0 Å². The Hall–Kier alpha value is -2.90. The van der Waals surface area contributed by atoms with Gasteiger partial charge >= 0.3 is 11.9 Å². The van der Waals surface area contributed by atoms with Crippen molar-refractivity contribution >= 4 is 23.8 Å². The molecular formula is C20H28N2O6. The van der Waals surface area contributed by atoms with Gasteiger partial charge in [-0.3, -0.25) is 14.4 Å². The van der Waals surface area contributed by atoms with Crippen molar-refractivity contribution in [3.8, 4) is 0 Å². The van der Waals surface area contributed by atoms with Gasteiger partial charge in [0, 0.05) is 6.92 Å². The number of aliphatic carboxylic acids is 1. The lowest BCUT2D eigenvalue weighted by Crippen LogP contribution is -2.52. The molecule has 28 heavy (non-hydrogen) atoms. The first kappa shape index (κ1) is 23.1. The van der Waals surface area contributed by atoms with Gasteiger partial charge in [0.15, 0.2) is 0 Å². The molecule has 0 aromatic heterocycles. The van der Waals surface area contributed by atoms with Crippen molar-refractivity contribution in [2.24, 2.45) is 0 Å². The molecule has 0 radical (unpaired) electrons. The normalized spacial score (nSPS) is 13.1. The number of carbonyl (C=O) groups is 4. The number of benzene rings is 1. The van der Waals surface area contributed by atoms with E-state index in [4.69, 9.17) is 4.74 Å². The second-order valence-corrected chi connectivity index (χ2v) is 7.47. The number of hydrogen-bond acceptors (Lipinski definition) is 5. The van der Waals surface area contributed by atoms with E-state index in [2.05, 4.69) is 10.6 Å². The van der Waals surface area contributed by atoms with Crippen LogP contribution in [0.1, 0.15) is 46.1 Å². The molecule has 1 aromatic carbocycles. The van der Waals surface area contributed by atoms with Gasteiger partial charge in [-0.2, -0.15) is 0 Å². The largest absolute Gasteiger partial charge is 0.480 e. The molecule has 0 fully saturated rings. The average molecular weight is 392 g/mol. The summed E-state index contributed by atoms with van der Waals surface area (Å²) in [6.07, 6.45) is 0.229. The smallest absolute Gasteiger partial charge is 0.326 e. The highest BCUT2D eigenvalue weighted by atomic mass is 16.6. The van der Waals surface area contributed by atoms with Gasteiger partial charge in [-0.15, -0.1) is 0 Å². The van der Waals surface area contributed by atoms with Crippen molar-refractivity contribution in [1.29, 1.82) is 0 Å². The third-order valence-corrected chi connectivity index (χ3v) is 3.66. The average Bonchev–Trinajstić information content (AvgIpc) is 2.56. The first-order chi connectivity index (χ1) is 13.0. The topological polar surface area (TPSA) is 122 Å². The molecule has 0 saturated heterocycles. The molecule has 0 spiro atoms. The predicted octanol–water partition coefficient (Wildman–Crippen LogP) is 1.43. The molecule has 0 bridgehead atoms. The van der Waals surface area contributed by atoms with Crippen LogP contribution in [-0.4, -0.2) is 46.5 Å². The number of nitrogens with one attached hydrogen (secondary N) is 2. The summed E-state index contributed by atoms with van der Waals surface area (Å²) in [6, 6.07) is 6.91. The van der Waals surface area contributed by atoms with Crippen LogP contribution in [0.25, 0.3) is 0 Å². The maximum Gasteiger partial charge on any atom is 0.326 e. The summed E-state index contributed by atoms with van der Waals surface area (Å²) in [7, 11) is 0. The van der Waals surface area contributed by atoms with Crippen LogP contribution >= 0.6 is 0 Å². The summed E-state index contributed by atoms with van der Waals surface area (Å²) in [5.41, 5.74) is 0.198. The van der Waals surface area contributed by atoms with Gasteiger partial charge < -0.3 is 20.5 Å². The lowest BCUT2D eigenvalue weighted by molar-refractivity contribution is -0.156. The summed E-state index contributed by atoms with van der Waals surface area (Å²) in [5, 5.41) is 14.2. The van der Waals surface area contributed by atoms with Crippen molar-refractivity contribution in [2.45, 2.75) is 64.6 Å². The Morgan fingerprint density at radius 1 is 1.04 bits per heavy atom. The highest BCUT2D eigenvalue weighted by Gasteiger charge is 2.29. The van der Waals surface area contributed by atoms with Crippen LogP contribution in [0.15, 0.2) is 30.3 Å². The van der Waals surface area contributed by atoms with Crippen LogP contribution in [0.4, 0.5) is 0 Å². The van der Waals surface area contributed by atoms with E-state index >= 15 is 0 Å². The SMILES string of the molecule is CC(=O)N[C@@H](CC(=O)OC(C)(C)C)C(=O)N[C@@H](CCc1ccccc1)C(=O)O. The highest BCUT2D eigenvalue weighted by Crippen LogP contribution is 2.10. The summed E-state index contributed by atoms with van der Waals surface area (Å²) in [5.74, 6) is -3.12. The quantitative estimate of drug-likeness (QED) is 0.547. The van der Waals surface area contributed by atoms with E-state index in [0.29, 0.717) is 6.42 Å². The van der Waals surface area contributed by atoms with E-state index in [0.717, 1.165) is 5.56 Å². The molecule has 2 atom stereocenters. The molecule has 0 aliphatic carbocycles. The first-order valence-corrected chi connectivity index (χ1v) is 9.04. The number of esters is 1. The highest BCUT2D eigenvalue weighted by molar-refractivity contribution is 5.92. The van der Waals surface area contributed by atoms with E-state index < -0.39 is 47.9 Å². The number of carboxylic acid groups (broad SMARTS) is 1. The Labute approximate surface area is 164 Å². The standard InChI is InChI=1S/C20H28N2O6/c1-13(23)21-16(12-17(24)28-20(2,3)4)18(25)22-15(19(26)27)11-10-14-8-6-5-7-9-14/h5-9,15-16H,10-12H2,1-4H3,(H,21,23)(H,22,25)(H,26,27)/t15-,16-/m0/s1. The summed E-state index contributed by atoms with van der Waals surface area (Å²) in [4.78, 5) is 47.4. The minimum absolute atomic E-state index is 0.171. The maximum absolute atomic E-state index is 12.5. The van der Waals surface area contributed by atoms with Crippen LogP contribution < -0.4 is 10.6 Å². The molecule has 0 aliphatic heterocycles. The van der Waals surface area contributed by atoms with E-state index in [9.17, 15) is 24.3 Å². The molecule has 0 saturated carbocycles. The zero-order valence-electron chi connectivity index (χ0n) is 16.7. The number of carbonyl (C=O) groups excluding carboxylic acids is 3. The molecule has 154 valence electrons. The Kier molecular flexibility index (Phi) is 8.63. The van der Waals surface area contributed by atoms with E-state index in [-0.39, 0.29) is 6.42 Å². The van der Waals surface area contributed by atoms with Gasteiger partial charge in [0.1, 0.15) is 17.7 Å². The van der Waals surface area contributed by atoms with Gasteiger partial charge in [-0.1, -0.05) is 30.3 Å². The van der Waals surface area contributed by atoms with Crippen molar-refractivity contribution in [3.63, 3.8) is 0 Å². The lowest BCUT2D eigenvalue weighted by Gasteiger charge is -2.23. The van der Waals surface area contributed by atoms with Gasteiger partial charge in [0.2, 0.25) is 11.8 Å². The Morgan fingerprint density at radius 3 is 2.14 bits per heavy atom. The van der Waals surface area contributed by atoms with Crippen molar-refractivity contribution in [3.05, 3.63) is 35.9 Å². The zero-order valence-corrected chi connectivity index (χ0v) is 16.7. The molecule has 3 N–H and O–H groups in total. The number of hydrogen-bond donors (Lipinski definition) is 3. The van der Waals surface area contributed by atoms with Gasteiger partial charge in [0.25, 0.3) is 0 Å². The van der Waals surface area contributed by atoms with Gasteiger partial charge in [0.05, 0.1) is 6.42 Å². The fraction of sp³-hybridized carbons (Fsp3) is 0.500. The van der Waals surface area contributed by atoms with E-state index in [1.165, 1.54) is 6.92 Å². The molecule has 0 heterocycles. The molecule has 8 heteroatoms. The second kappa shape index (κ2) is 10.4. The Bertz CT molecular complexity index is 696. The lowest BCUT2D eigenvalue weighted by atomic mass is 10.0. The van der Waals surface area contributed by atoms with Crippen LogP contribution in [0.5, 0.6) is 0 Å². The molecule has 2 amide bonds. The third-order valence-electron chi connectivity index (χ3n) is 3.66. The maximum atomic E-state index is 12.5. The summed E-state index contributed by atoms with van der Waals surface area (Å²) >= 11 is 0. The van der Waals surface area contributed by atoms with Crippen LogP contribution in [0.2, 0.25) is 0 Å². The molecule has 1 aromatic rings. The van der Waals surface area contributed by atoms with Crippen molar-refractivity contribution in [2.75, 3.05) is 0 Å². The van der Waals surface area contributed by atoms with E-state index in [1.54, 1.807) is 20.8 Å². The molecule has 1 rings (SSSR count). The van der Waals surface area contributed by atoms with Crippen LogP contribution in [0, 0.1) is 0 Å². The number of amides is 2. The Morgan fingerprint density at radius 2 is 1.64 bits per heavy atom. The van der Waals surface area contributed by atoms with Gasteiger partial charge in [-0.25, -0.2) is 4.79 Å². The first-order valence-electron chi connectivity index (χ1n) is 9.04. The molecule has 8 nitrogen and oxygen atoms in total. The monoisotopic (exact) mass is 392 g/mol. The number of carboxylic acids is 1. The molecule has 0 aliphatic rings. The zero-order chi connectivity index (χ0) is 21.3. The van der Waals surface area contributed by atoms with Crippen molar-refractivity contribution < 1.29 is 29.0 Å². The second-order valence-electron chi connectivity index (χ2n) is 7.47. The summed E-state index contributed by atoms with van der Waals surface area (Å²) < 4.78 is 5.17. The molecule has 0 unspecified atom stereocenters. The Balaban J connectivity index is 2.77. The number of aryl methyl sites for hydroxylation is 1. The van der Waals surface area contributed by atoms with Crippen LogP contribution in [-0.2, 0) is 30.3 Å². The predicted molar refractivity (Wildman–Crippen MR) is 102 cm³/mol. The minimum Gasteiger partial charge on any atom is -0.480 e. The van der Waals surface area contributed by atoms with Gasteiger partial charge in [-0.05, 0) is 39.2 Å². The minimum atomic E-state index is -1.22. The fourth-order valence-electron chi connectivity index (χ4n) is 2.49. The van der Waals surface area contributed by atoms with Crippen molar-refractivity contribution in [1.82, 2.24) is 10.6 Å². The third kappa shape index (κ3) is 9.16. The van der Waals surface area contributed by atoms with E-state index in [1.807, 2.05) is 30.3 Å². The number of rotatable bonds is 9. The summed E-state index contributed by atoms with van der Waals surface area (Å²) in [6.45, 7) is 6.26. The fourth-order valence-corrected chi connectivity index (χ4v) is 2.49.